The molecule has 1 saturated heterocycles. The van der Waals surface area contributed by atoms with Gasteiger partial charge in [0.1, 0.15) is 11.6 Å². The highest BCUT2D eigenvalue weighted by atomic mass is 32.2. The normalized spacial score (nSPS) is 19.4. The molecule has 1 atom stereocenters. The number of phenols is 1. The van der Waals surface area contributed by atoms with Crippen molar-refractivity contribution in [3.8, 4) is 5.75 Å². The van der Waals surface area contributed by atoms with Crippen LogP contribution in [0.4, 0.5) is 5.69 Å². The molecule has 0 saturated carbocycles. The summed E-state index contributed by atoms with van der Waals surface area (Å²) in [5, 5.41) is 13.0. The standard InChI is InChI=1S/C15H23N3OS/c1-2-11-9-13(19)3-4-14(11)18-15(16)5-7-17-12-6-8-20-10-12/h3-4,9,12,17,19H,2,5-8,10H2,1H3,(H2,16,18)/t12-/m1/s1. The number of aromatic hydroxyl groups is 1. The number of amidine groups is 1. The second-order valence-electron chi connectivity index (χ2n) is 5.03. The Balaban J connectivity index is 1.88. The van der Waals surface area contributed by atoms with Crippen LogP contribution < -0.4 is 11.1 Å². The lowest BCUT2D eigenvalue weighted by Gasteiger charge is -2.11. The molecule has 0 spiro atoms. The van der Waals surface area contributed by atoms with Crippen molar-refractivity contribution in [3.05, 3.63) is 23.8 Å². The van der Waals surface area contributed by atoms with E-state index in [1.54, 1.807) is 12.1 Å². The van der Waals surface area contributed by atoms with Crippen LogP contribution in [0, 0.1) is 0 Å². The first-order chi connectivity index (χ1) is 9.69. The molecule has 0 amide bonds. The van der Waals surface area contributed by atoms with Crippen LogP contribution in [0.2, 0.25) is 0 Å². The van der Waals surface area contributed by atoms with E-state index in [1.807, 2.05) is 24.8 Å². The Labute approximate surface area is 124 Å². The molecule has 110 valence electrons. The number of nitrogens with zero attached hydrogens (tertiary/aromatic N) is 1. The number of thioether (sulfide) groups is 1. The van der Waals surface area contributed by atoms with Gasteiger partial charge in [0.15, 0.2) is 0 Å². The van der Waals surface area contributed by atoms with Gasteiger partial charge in [0, 0.05) is 24.8 Å². The first-order valence-corrected chi connectivity index (χ1v) is 8.30. The Morgan fingerprint density at radius 2 is 2.40 bits per heavy atom. The molecule has 1 aliphatic rings. The highest BCUT2D eigenvalue weighted by Crippen LogP contribution is 2.24. The predicted molar refractivity (Wildman–Crippen MR) is 87.1 cm³/mol. The zero-order valence-electron chi connectivity index (χ0n) is 11.9. The van der Waals surface area contributed by atoms with E-state index in [1.165, 1.54) is 17.9 Å². The van der Waals surface area contributed by atoms with Crippen LogP contribution >= 0.6 is 11.8 Å². The summed E-state index contributed by atoms with van der Waals surface area (Å²) in [5.74, 6) is 3.38. The lowest BCUT2D eigenvalue weighted by Crippen LogP contribution is -2.31. The second kappa shape index (κ2) is 7.55. The number of hydrogen-bond acceptors (Lipinski definition) is 4. The Morgan fingerprint density at radius 3 is 3.10 bits per heavy atom. The minimum absolute atomic E-state index is 0.278. The summed E-state index contributed by atoms with van der Waals surface area (Å²) >= 11 is 2.00. The summed E-state index contributed by atoms with van der Waals surface area (Å²) in [6.45, 7) is 2.92. The third kappa shape index (κ3) is 4.42. The minimum atomic E-state index is 0.278. The monoisotopic (exact) mass is 293 g/mol. The van der Waals surface area contributed by atoms with Crippen molar-refractivity contribution in [2.24, 2.45) is 10.7 Å². The number of aryl methyl sites for hydroxylation is 1. The van der Waals surface area contributed by atoms with E-state index < -0.39 is 0 Å². The molecule has 1 heterocycles. The van der Waals surface area contributed by atoms with Crippen molar-refractivity contribution >= 4 is 23.3 Å². The van der Waals surface area contributed by atoms with Crippen molar-refractivity contribution in [2.75, 3.05) is 18.1 Å². The average molecular weight is 293 g/mol. The lowest BCUT2D eigenvalue weighted by atomic mass is 10.1. The van der Waals surface area contributed by atoms with Gasteiger partial charge in [-0.25, -0.2) is 4.99 Å². The number of benzene rings is 1. The van der Waals surface area contributed by atoms with Crippen molar-refractivity contribution in [1.29, 1.82) is 0 Å². The van der Waals surface area contributed by atoms with Gasteiger partial charge in [0.25, 0.3) is 0 Å². The molecule has 1 aliphatic heterocycles. The van der Waals surface area contributed by atoms with Crippen LogP contribution in [-0.2, 0) is 6.42 Å². The first-order valence-electron chi connectivity index (χ1n) is 7.15. The zero-order chi connectivity index (χ0) is 14.4. The molecule has 0 unspecified atom stereocenters. The molecule has 1 aromatic rings. The third-order valence-electron chi connectivity index (χ3n) is 3.45. The molecule has 0 bridgehead atoms. The van der Waals surface area contributed by atoms with Crippen LogP contribution in [0.25, 0.3) is 0 Å². The van der Waals surface area contributed by atoms with Crippen molar-refractivity contribution < 1.29 is 5.11 Å². The van der Waals surface area contributed by atoms with Gasteiger partial charge >= 0.3 is 0 Å². The Morgan fingerprint density at radius 1 is 1.55 bits per heavy atom. The summed E-state index contributed by atoms with van der Waals surface area (Å²) in [5.41, 5.74) is 7.88. The maximum atomic E-state index is 9.47. The fraction of sp³-hybridized carbons (Fsp3) is 0.533. The molecular formula is C15H23N3OS. The second-order valence-corrected chi connectivity index (χ2v) is 6.18. The zero-order valence-corrected chi connectivity index (χ0v) is 12.7. The Hall–Kier alpha value is -1.20. The highest BCUT2D eigenvalue weighted by molar-refractivity contribution is 7.99. The van der Waals surface area contributed by atoms with Crippen LogP contribution in [0.15, 0.2) is 23.2 Å². The summed E-state index contributed by atoms with van der Waals surface area (Å²) in [4.78, 5) is 4.47. The maximum Gasteiger partial charge on any atom is 0.116 e. The van der Waals surface area contributed by atoms with E-state index in [4.69, 9.17) is 5.73 Å². The maximum absolute atomic E-state index is 9.47. The fourth-order valence-electron chi connectivity index (χ4n) is 2.27. The van der Waals surface area contributed by atoms with Crippen molar-refractivity contribution in [2.45, 2.75) is 32.2 Å². The smallest absolute Gasteiger partial charge is 0.116 e. The first kappa shape index (κ1) is 15.2. The van der Waals surface area contributed by atoms with Gasteiger partial charge in [-0.15, -0.1) is 0 Å². The Kier molecular flexibility index (Phi) is 5.73. The van der Waals surface area contributed by atoms with Gasteiger partial charge in [-0.3, -0.25) is 0 Å². The van der Waals surface area contributed by atoms with E-state index >= 15 is 0 Å². The molecule has 20 heavy (non-hydrogen) atoms. The van der Waals surface area contributed by atoms with Gasteiger partial charge in [0.05, 0.1) is 5.69 Å². The molecule has 0 aromatic heterocycles. The summed E-state index contributed by atoms with van der Waals surface area (Å²) in [6.07, 6.45) is 2.84. The van der Waals surface area contributed by atoms with Crippen LogP contribution in [0.5, 0.6) is 5.75 Å². The topological polar surface area (TPSA) is 70.6 Å². The van der Waals surface area contributed by atoms with Crippen LogP contribution in [0.3, 0.4) is 0 Å². The molecule has 4 nitrogen and oxygen atoms in total. The van der Waals surface area contributed by atoms with E-state index in [2.05, 4.69) is 10.3 Å². The highest BCUT2D eigenvalue weighted by Gasteiger charge is 2.14. The number of aliphatic imine (C=N–C) groups is 1. The SMILES string of the molecule is CCc1cc(O)ccc1/N=C(\N)CCN[C@@H]1CCSC1. The lowest BCUT2D eigenvalue weighted by molar-refractivity contribution is 0.474. The van der Waals surface area contributed by atoms with E-state index in [9.17, 15) is 5.11 Å². The predicted octanol–water partition coefficient (Wildman–Crippen LogP) is 2.43. The molecule has 1 aromatic carbocycles. The molecule has 4 N–H and O–H groups in total. The van der Waals surface area contributed by atoms with E-state index in [0.717, 1.165) is 30.6 Å². The number of phenolic OH excluding ortho intramolecular Hbond substituents is 1. The number of rotatable bonds is 6. The molecular weight excluding hydrogens is 270 g/mol. The van der Waals surface area contributed by atoms with E-state index in [0.29, 0.717) is 11.9 Å². The van der Waals surface area contributed by atoms with Gasteiger partial charge in [-0.1, -0.05) is 6.92 Å². The van der Waals surface area contributed by atoms with Gasteiger partial charge in [0.2, 0.25) is 0 Å². The molecule has 0 radical (unpaired) electrons. The van der Waals surface area contributed by atoms with Gasteiger partial charge in [-0.05, 0) is 42.4 Å². The van der Waals surface area contributed by atoms with E-state index in [-0.39, 0.29) is 5.75 Å². The quantitative estimate of drug-likeness (QED) is 0.556. The van der Waals surface area contributed by atoms with Gasteiger partial charge in [-0.2, -0.15) is 11.8 Å². The minimum Gasteiger partial charge on any atom is -0.508 e. The van der Waals surface area contributed by atoms with Crippen LogP contribution in [-0.4, -0.2) is 35.0 Å². The fourth-order valence-corrected chi connectivity index (χ4v) is 3.46. The molecule has 2 rings (SSSR count). The molecule has 5 heteroatoms. The largest absolute Gasteiger partial charge is 0.508 e. The summed E-state index contributed by atoms with van der Waals surface area (Å²) in [7, 11) is 0. The van der Waals surface area contributed by atoms with Gasteiger partial charge < -0.3 is 16.2 Å². The average Bonchev–Trinajstić information content (AvgIpc) is 2.94. The number of nitrogens with one attached hydrogen (secondary N) is 1. The Bertz CT molecular complexity index is 470. The summed E-state index contributed by atoms with van der Waals surface area (Å²) < 4.78 is 0. The molecule has 0 aliphatic carbocycles. The number of hydrogen-bond donors (Lipinski definition) is 3. The number of nitrogens with two attached hydrogens (primary N) is 1. The third-order valence-corrected chi connectivity index (χ3v) is 4.61. The molecule has 1 fully saturated rings. The summed E-state index contributed by atoms with van der Waals surface area (Å²) in [6, 6.07) is 5.86. The van der Waals surface area contributed by atoms with Crippen molar-refractivity contribution in [3.63, 3.8) is 0 Å². The van der Waals surface area contributed by atoms with Crippen molar-refractivity contribution in [1.82, 2.24) is 5.32 Å². The van der Waals surface area contributed by atoms with Crippen LogP contribution in [0.1, 0.15) is 25.3 Å².